The number of fused-ring (bicyclic) bond motifs is 1. The minimum atomic E-state index is -0.237. The second-order valence-corrected chi connectivity index (χ2v) is 4.31. The number of hydrogen-bond acceptors (Lipinski definition) is 3. The Bertz CT molecular complexity index is 572. The summed E-state index contributed by atoms with van der Waals surface area (Å²) in [6, 6.07) is 7.30. The topological polar surface area (TPSA) is 56.2 Å². The van der Waals surface area contributed by atoms with Crippen LogP contribution < -0.4 is 11.4 Å². The molecule has 3 nitrogen and oxygen atoms in total. The van der Waals surface area contributed by atoms with E-state index in [1.807, 2.05) is 18.2 Å². The van der Waals surface area contributed by atoms with Gasteiger partial charge in [0.1, 0.15) is 5.58 Å². The molecule has 3 heteroatoms. The number of benzene rings is 1. The van der Waals surface area contributed by atoms with E-state index in [0.29, 0.717) is 11.3 Å². The molecule has 1 aromatic heterocycles. The molecule has 0 amide bonds. The van der Waals surface area contributed by atoms with Gasteiger partial charge in [-0.25, -0.2) is 4.79 Å². The molecular weight excluding hydrogens is 214 g/mol. The van der Waals surface area contributed by atoms with E-state index >= 15 is 0 Å². The van der Waals surface area contributed by atoms with Crippen molar-refractivity contribution in [1.82, 2.24) is 0 Å². The van der Waals surface area contributed by atoms with Crippen molar-refractivity contribution in [1.29, 1.82) is 0 Å². The predicted octanol–water partition coefficient (Wildman–Crippen LogP) is 3.11. The lowest BCUT2D eigenvalue weighted by atomic mass is 10.1. The van der Waals surface area contributed by atoms with E-state index in [1.165, 1.54) is 0 Å². The lowest BCUT2D eigenvalue weighted by molar-refractivity contribution is 0.546. The van der Waals surface area contributed by atoms with E-state index in [9.17, 15) is 4.79 Å². The highest BCUT2D eigenvalue weighted by Crippen LogP contribution is 2.17. The average molecular weight is 231 g/mol. The first-order chi connectivity index (χ1) is 8.20. The lowest BCUT2D eigenvalue weighted by Crippen LogP contribution is -2.07. The van der Waals surface area contributed by atoms with Gasteiger partial charge in [0.2, 0.25) is 0 Å². The van der Waals surface area contributed by atoms with E-state index in [1.54, 1.807) is 6.07 Å². The molecule has 2 rings (SSSR count). The predicted molar refractivity (Wildman–Crippen MR) is 70.1 cm³/mol. The second-order valence-electron chi connectivity index (χ2n) is 4.31. The fourth-order valence-electron chi connectivity index (χ4n) is 1.91. The van der Waals surface area contributed by atoms with Gasteiger partial charge in [-0.05, 0) is 31.0 Å². The molecule has 2 aromatic rings. The van der Waals surface area contributed by atoms with Crippen LogP contribution in [0.4, 0.5) is 5.69 Å². The molecule has 90 valence electrons. The number of nitrogen functional groups attached to an aromatic ring is 1. The van der Waals surface area contributed by atoms with Crippen molar-refractivity contribution < 1.29 is 4.42 Å². The molecule has 0 saturated carbocycles. The zero-order chi connectivity index (χ0) is 12.3. The Morgan fingerprint density at radius 2 is 2.06 bits per heavy atom. The molecule has 2 N–H and O–H groups in total. The highest BCUT2D eigenvalue weighted by molar-refractivity contribution is 5.80. The highest BCUT2D eigenvalue weighted by atomic mass is 16.4. The van der Waals surface area contributed by atoms with E-state index in [0.717, 1.165) is 36.6 Å². The summed E-state index contributed by atoms with van der Waals surface area (Å²) in [4.78, 5) is 11.7. The first-order valence-electron chi connectivity index (χ1n) is 6.03. The van der Waals surface area contributed by atoms with Crippen LogP contribution in [0.5, 0.6) is 0 Å². The van der Waals surface area contributed by atoms with Gasteiger partial charge in [0.15, 0.2) is 0 Å². The fourth-order valence-corrected chi connectivity index (χ4v) is 1.91. The molecule has 0 spiro atoms. The van der Waals surface area contributed by atoms with Crippen LogP contribution >= 0.6 is 0 Å². The monoisotopic (exact) mass is 231 g/mol. The van der Waals surface area contributed by atoms with Gasteiger partial charge in [0.25, 0.3) is 0 Å². The van der Waals surface area contributed by atoms with Gasteiger partial charge in [-0.3, -0.25) is 0 Å². The van der Waals surface area contributed by atoms with Crippen molar-refractivity contribution in [3.8, 4) is 0 Å². The Morgan fingerprint density at radius 3 is 2.82 bits per heavy atom. The summed E-state index contributed by atoms with van der Waals surface area (Å²) in [5.74, 6) is 0. The van der Waals surface area contributed by atoms with Crippen LogP contribution in [0, 0.1) is 0 Å². The summed E-state index contributed by atoms with van der Waals surface area (Å²) >= 11 is 0. The van der Waals surface area contributed by atoms with Crippen molar-refractivity contribution >= 4 is 16.7 Å². The number of hydrogen-bond donors (Lipinski definition) is 1. The second kappa shape index (κ2) is 5.04. The van der Waals surface area contributed by atoms with E-state index in [4.69, 9.17) is 10.2 Å². The summed E-state index contributed by atoms with van der Waals surface area (Å²) in [7, 11) is 0. The minimum Gasteiger partial charge on any atom is -0.422 e. The third-order valence-electron chi connectivity index (χ3n) is 2.88. The van der Waals surface area contributed by atoms with Crippen molar-refractivity contribution in [2.45, 2.75) is 32.6 Å². The molecule has 0 atom stereocenters. The van der Waals surface area contributed by atoms with Gasteiger partial charge in [0, 0.05) is 22.7 Å². The number of aryl methyl sites for hydroxylation is 1. The van der Waals surface area contributed by atoms with Gasteiger partial charge >= 0.3 is 5.63 Å². The molecule has 17 heavy (non-hydrogen) atoms. The highest BCUT2D eigenvalue weighted by Gasteiger charge is 2.05. The molecule has 0 bridgehead atoms. The minimum absolute atomic E-state index is 0.237. The fraction of sp³-hybridized carbons (Fsp3) is 0.357. The van der Waals surface area contributed by atoms with E-state index in [-0.39, 0.29) is 5.63 Å². The Morgan fingerprint density at radius 1 is 1.24 bits per heavy atom. The molecular formula is C14H17NO2. The number of unbranched alkanes of at least 4 members (excludes halogenated alkanes) is 2. The molecule has 0 fully saturated rings. The molecule has 0 radical (unpaired) electrons. The molecule has 1 heterocycles. The van der Waals surface area contributed by atoms with Crippen LogP contribution in [0.3, 0.4) is 0 Å². The molecule has 0 saturated heterocycles. The zero-order valence-electron chi connectivity index (χ0n) is 10.0. The van der Waals surface area contributed by atoms with Crippen LogP contribution in [0.25, 0.3) is 11.0 Å². The number of nitrogens with two attached hydrogens (primary N) is 1. The summed E-state index contributed by atoms with van der Waals surface area (Å²) in [6.45, 7) is 2.14. The first-order valence-corrected chi connectivity index (χ1v) is 6.03. The van der Waals surface area contributed by atoms with Gasteiger partial charge < -0.3 is 10.2 Å². The number of anilines is 1. The molecule has 0 unspecified atom stereocenters. The third kappa shape index (κ3) is 2.67. The van der Waals surface area contributed by atoms with Crippen LogP contribution in [-0.4, -0.2) is 0 Å². The standard InChI is InChI=1S/C14H17NO2/c1-2-3-4-5-11-8-10-6-7-12(15)9-13(10)17-14(11)16/h6-9H,2-5,15H2,1H3. The number of rotatable bonds is 4. The Hall–Kier alpha value is -1.77. The van der Waals surface area contributed by atoms with E-state index < -0.39 is 0 Å². The summed E-state index contributed by atoms with van der Waals surface area (Å²) < 4.78 is 5.27. The Kier molecular flexibility index (Phi) is 3.47. The average Bonchev–Trinajstić information content (AvgIpc) is 2.30. The van der Waals surface area contributed by atoms with Crippen LogP contribution in [-0.2, 0) is 6.42 Å². The van der Waals surface area contributed by atoms with Gasteiger partial charge in [-0.2, -0.15) is 0 Å². The summed E-state index contributed by atoms with van der Waals surface area (Å²) in [6.07, 6.45) is 4.10. The smallest absolute Gasteiger partial charge is 0.339 e. The third-order valence-corrected chi connectivity index (χ3v) is 2.88. The maximum absolute atomic E-state index is 11.7. The normalized spacial score (nSPS) is 10.9. The SMILES string of the molecule is CCCCCc1cc2ccc(N)cc2oc1=O. The van der Waals surface area contributed by atoms with Crippen LogP contribution in [0.1, 0.15) is 31.7 Å². The largest absolute Gasteiger partial charge is 0.422 e. The maximum Gasteiger partial charge on any atom is 0.339 e. The molecule has 1 aromatic carbocycles. The van der Waals surface area contributed by atoms with Gasteiger partial charge in [-0.1, -0.05) is 19.8 Å². The quantitative estimate of drug-likeness (QED) is 0.499. The maximum atomic E-state index is 11.7. The van der Waals surface area contributed by atoms with E-state index in [2.05, 4.69) is 6.92 Å². The first kappa shape index (κ1) is 11.7. The summed E-state index contributed by atoms with van der Waals surface area (Å²) in [5.41, 5.74) is 7.35. The van der Waals surface area contributed by atoms with Crippen molar-refractivity contribution in [2.75, 3.05) is 5.73 Å². The molecule has 0 aliphatic heterocycles. The Balaban J connectivity index is 2.35. The van der Waals surface area contributed by atoms with Gasteiger partial charge in [0.05, 0.1) is 0 Å². The summed E-state index contributed by atoms with van der Waals surface area (Å²) in [5, 5.41) is 0.935. The molecule has 0 aliphatic rings. The van der Waals surface area contributed by atoms with Crippen molar-refractivity contribution in [2.24, 2.45) is 0 Å². The van der Waals surface area contributed by atoms with Crippen LogP contribution in [0.2, 0.25) is 0 Å². The zero-order valence-corrected chi connectivity index (χ0v) is 10.0. The van der Waals surface area contributed by atoms with Crippen LogP contribution in [0.15, 0.2) is 33.5 Å². The van der Waals surface area contributed by atoms with Crippen molar-refractivity contribution in [3.63, 3.8) is 0 Å². The lowest BCUT2D eigenvalue weighted by Gasteiger charge is -2.02. The van der Waals surface area contributed by atoms with Crippen molar-refractivity contribution in [3.05, 3.63) is 40.2 Å². The molecule has 0 aliphatic carbocycles. The Labute approximate surface area is 100 Å². The van der Waals surface area contributed by atoms with Gasteiger partial charge in [-0.15, -0.1) is 0 Å².